The highest BCUT2D eigenvalue weighted by Crippen LogP contribution is 2.22. The van der Waals surface area contributed by atoms with Gasteiger partial charge in [-0.1, -0.05) is 0 Å². The summed E-state index contributed by atoms with van der Waals surface area (Å²) in [7, 11) is 0. The zero-order chi connectivity index (χ0) is 10.8. The lowest BCUT2D eigenvalue weighted by atomic mass is 10.1. The normalized spacial score (nSPS) is 10.5. The van der Waals surface area contributed by atoms with Crippen molar-refractivity contribution in [3.63, 3.8) is 0 Å². The molecule has 1 aromatic carbocycles. The fourth-order valence-electron chi connectivity index (χ4n) is 1.45. The standard InChI is InChI=1S/C10H11N3O2/c1-2-15-10(14)8-7(11)4-3-6-5-12-13-9(6)8/h3-5H,2,11H2,1H3,(H,12,13). The summed E-state index contributed by atoms with van der Waals surface area (Å²) in [5.74, 6) is -0.426. The van der Waals surface area contributed by atoms with Crippen LogP contribution in [0.4, 0.5) is 5.69 Å². The molecular weight excluding hydrogens is 194 g/mol. The van der Waals surface area contributed by atoms with E-state index in [-0.39, 0.29) is 0 Å². The molecule has 3 N–H and O–H groups in total. The third-order valence-electron chi connectivity index (χ3n) is 2.13. The van der Waals surface area contributed by atoms with Gasteiger partial charge in [-0.25, -0.2) is 4.79 Å². The Hall–Kier alpha value is -2.04. The van der Waals surface area contributed by atoms with Gasteiger partial charge < -0.3 is 10.5 Å². The second kappa shape index (κ2) is 3.61. The number of esters is 1. The predicted molar refractivity (Wildman–Crippen MR) is 56.5 cm³/mol. The number of hydrogen-bond acceptors (Lipinski definition) is 4. The Morgan fingerprint density at radius 3 is 3.13 bits per heavy atom. The van der Waals surface area contributed by atoms with Gasteiger partial charge in [0.05, 0.1) is 18.3 Å². The molecule has 0 atom stereocenters. The molecule has 0 amide bonds. The Morgan fingerprint density at radius 2 is 2.40 bits per heavy atom. The molecule has 0 unspecified atom stereocenters. The zero-order valence-corrected chi connectivity index (χ0v) is 8.28. The maximum atomic E-state index is 11.6. The number of ether oxygens (including phenoxy) is 1. The van der Waals surface area contributed by atoms with Crippen molar-refractivity contribution in [2.75, 3.05) is 12.3 Å². The first-order valence-corrected chi connectivity index (χ1v) is 4.62. The van der Waals surface area contributed by atoms with Crippen molar-refractivity contribution in [2.24, 2.45) is 0 Å². The predicted octanol–water partition coefficient (Wildman–Crippen LogP) is 1.32. The molecular formula is C10H11N3O2. The molecule has 5 nitrogen and oxygen atoms in total. The van der Waals surface area contributed by atoms with Gasteiger partial charge in [-0.15, -0.1) is 0 Å². The quantitative estimate of drug-likeness (QED) is 0.572. The molecule has 0 saturated heterocycles. The Bertz CT molecular complexity index is 504. The number of rotatable bonds is 2. The largest absolute Gasteiger partial charge is 0.462 e. The minimum atomic E-state index is -0.426. The Morgan fingerprint density at radius 1 is 1.60 bits per heavy atom. The number of hydrogen-bond donors (Lipinski definition) is 2. The number of carbonyl (C=O) groups is 1. The van der Waals surface area contributed by atoms with Crippen molar-refractivity contribution in [2.45, 2.75) is 6.92 Å². The number of nitrogen functional groups attached to an aromatic ring is 1. The molecule has 0 saturated carbocycles. The Labute approximate surface area is 86.2 Å². The molecule has 0 radical (unpaired) electrons. The molecule has 78 valence electrons. The van der Waals surface area contributed by atoms with Crippen molar-refractivity contribution in [1.29, 1.82) is 0 Å². The number of benzene rings is 1. The van der Waals surface area contributed by atoms with E-state index in [4.69, 9.17) is 10.5 Å². The first-order chi connectivity index (χ1) is 7.24. The van der Waals surface area contributed by atoms with E-state index in [1.54, 1.807) is 25.3 Å². The maximum Gasteiger partial charge on any atom is 0.342 e. The summed E-state index contributed by atoms with van der Waals surface area (Å²) in [6.07, 6.45) is 1.64. The second-order valence-corrected chi connectivity index (χ2v) is 3.08. The van der Waals surface area contributed by atoms with Crippen LogP contribution in [0.2, 0.25) is 0 Å². The van der Waals surface area contributed by atoms with E-state index >= 15 is 0 Å². The summed E-state index contributed by atoms with van der Waals surface area (Å²) in [6.45, 7) is 2.07. The zero-order valence-electron chi connectivity index (χ0n) is 8.28. The fraction of sp³-hybridized carbons (Fsp3) is 0.200. The topological polar surface area (TPSA) is 81.0 Å². The molecule has 15 heavy (non-hydrogen) atoms. The third-order valence-corrected chi connectivity index (χ3v) is 2.13. The number of nitrogens with zero attached hydrogens (tertiary/aromatic N) is 1. The monoisotopic (exact) mass is 205 g/mol. The number of H-pyrrole nitrogens is 1. The smallest absolute Gasteiger partial charge is 0.342 e. The van der Waals surface area contributed by atoms with E-state index in [9.17, 15) is 4.79 Å². The molecule has 2 rings (SSSR count). The second-order valence-electron chi connectivity index (χ2n) is 3.08. The van der Waals surface area contributed by atoms with E-state index < -0.39 is 5.97 Å². The van der Waals surface area contributed by atoms with Gasteiger partial charge in [0.2, 0.25) is 0 Å². The number of fused-ring (bicyclic) bond motifs is 1. The van der Waals surface area contributed by atoms with Gasteiger partial charge in [0.1, 0.15) is 5.56 Å². The van der Waals surface area contributed by atoms with E-state index in [1.165, 1.54) is 0 Å². The van der Waals surface area contributed by atoms with E-state index in [2.05, 4.69) is 10.2 Å². The molecule has 0 bridgehead atoms. The van der Waals surface area contributed by atoms with E-state index in [0.717, 1.165) is 5.39 Å². The third kappa shape index (κ3) is 1.52. The van der Waals surface area contributed by atoms with E-state index in [1.807, 2.05) is 0 Å². The summed E-state index contributed by atoms with van der Waals surface area (Å²) < 4.78 is 4.92. The highest BCUT2D eigenvalue weighted by Gasteiger charge is 2.15. The highest BCUT2D eigenvalue weighted by molar-refractivity contribution is 6.07. The Balaban J connectivity index is 2.61. The van der Waals surface area contributed by atoms with Crippen LogP contribution < -0.4 is 5.73 Å². The van der Waals surface area contributed by atoms with Crippen LogP contribution in [0.3, 0.4) is 0 Å². The van der Waals surface area contributed by atoms with Gasteiger partial charge >= 0.3 is 5.97 Å². The van der Waals surface area contributed by atoms with Crippen LogP contribution in [0.25, 0.3) is 10.9 Å². The first kappa shape index (κ1) is 9.51. The first-order valence-electron chi connectivity index (χ1n) is 4.62. The molecule has 1 heterocycles. The number of aromatic nitrogens is 2. The molecule has 0 aliphatic rings. The number of anilines is 1. The summed E-state index contributed by atoms with van der Waals surface area (Å²) >= 11 is 0. The number of nitrogens with one attached hydrogen (secondary N) is 1. The van der Waals surface area contributed by atoms with Gasteiger partial charge in [-0.05, 0) is 19.1 Å². The van der Waals surface area contributed by atoms with Crippen molar-refractivity contribution in [3.05, 3.63) is 23.9 Å². The summed E-state index contributed by atoms with van der Waals surface area (Å²) in [4.78, 5) is 11.6. The highest BCUT2D eigenvalue weighted by atomic mass is 16.5. The maximum absolute atomic E-state index is 11.6. The summed E-state index contributed by atoms with van der Waals surface area (Å²) in [5, 5.41) is 7.43. The van der Waals surface area contributed by atoms with Gasteiger partial charge in [0.25, 0.3) is 0 Å². The van der Waals surface area contributed by atoms with Gasteiger partial charge in [0.15, 0.2) is 0 Å². The molecule has 5 heteroatoms. The van der Waals surface area contributed by atoms with Crippen LogP contribution in [-0.2, 0) is 4.74 Å². The lowest BCUT2D eigenvalue weighted by molar-refractivity contribution is 0.0529. The SMILES string of the molecule is CCOC(=O)c1c(N)ccc2cn[nH]c12. The molecule has 0 fully saturated rings. The average Bonchev–Trinajstić information content (AvgIpc) is 2.65. The average molecular weight is 205 g/mol. The van der Waals surface area contributed by atoms with E-state index in [0.29, 0.717) is 23.4 Å². The van der Waals surface area contributed by atoms with Crippen molar-refractivity contribution in [1.82, 2.24) is 10.2 Å². The van der Waals surface area contributed by atoms with Crippen LogP contribution >= 0.6 is 0 Å². The number of aromatic amines is 1. The lowest BCUT2D eigenvalue weighted by Crippen LogP contribution is -2.08. The minimum Gasteiger partial charge on any atom is -0.462 e. The molecule has 0 spiro atoms. The Kier molecular flexibility index (Phi) is 2.29. The van der Waals surface area contributed by atoms with Gasteiger partial charge in [-0.2, -0.15) is 5.10 Å². The van der Waals surface area contributed by atoms with Crippen LogP contribution in [-0.4, -0.2) is 22.8 Å². The molecule has 0 aliphatic carbocycles. The van der Waals surface area contributed by atoms with Crippen molar-refractivity contribution >= 4 is 22.6 Å². The molecule has 0 aliphatic heterocycles. The lowest BCUT2D eigenvalue weighted by Gasteiger charge is -2.05. The van der Waals surface area contributed by atoms with Gasteiger partial charge in [-0.3, -0.25) is 5.10 Å². The van der Waals surface area contributed by atoms with Crippen LogP contribution in [0, 0.1) is 0 Å². The minimum absolute atomic E-state index is 0.322. The van der Waals surface area contributed by atoms with Crippen LogP contribution in [0.1, 0.15) is 17.3 Å². The van der Waals surface area contributed by atoms with Gasteiger partial charge in [0, 0.05) is 11.1 Å². The summed E-state index contributed by atoms with van der Waals surface area (Å²) in [5.41, 5.74) is 7.09. The molecule has 2 aromatic rings. The number of nitrogens with two attached hydrogens (primary N) is 1. The van der Waals surface area contributed by atoms with Crippen LogP contribution in [0.15, 0.2) is 18.3 Å². The van der Waals surface area contributed by atoms with Crippen LogP contribution in [0.5, 0.6) is 0 Å². The fourth-order valence-corrected chi connectivity index (χ4v) is 1.45. The van der Waals surface area contributed by atoms with Crippen molar-refractivity contribution in [3.8, 4) is 0 Å². The number of carbonyl (C=O) groups excluding carboxylic acids is 1. The van der Waals surface area contributed by atoms with Crippen molar-refractivity contribution < 1.29 is 9.53 Å². The molecule has 1 aromatic heterocycles. The summed E-state index contributed by atoms with van der Waals surface area (Å²) in [6, 6.07) is 3.47.